The molecule has 1 aliphatic rings. The quantitative estimate of drug-likeness (QED) is 0.523. The Kier molecular flexibility index (Phi) is 2.76. The van der Waals surface area contributed by atoms with E-state index in [2.05, 4.69) is 36.6 Å². The first-order valence-electron chi connectivity index (χ1n) is 8.55. The Morgan fingerprint density at radius 3 is 2.52 bits per heavy atom. The maximum atomic E-state index is 11.2. The second-order valence-electron chi connectivity index (χ2n) is 7.36. The Labute approximate surface area is 146 Å². The van der Waals surface area contributed by atoms with Crippen LogP contribution in [-0.2, 0) is 5.41 Å². The van der Waals surface area contributed by atoms with Crippen LogP contribution in [0.25, 0.3) is 27.4 Å². The van der Waals surface area contributed by atoms with Gasteiger partial charge in [-0.25, -0.2) is 0 Å². The minimum atomic E-state index is -0.169. The van der Waals surface area contributed by atoms with Gasteiger partial charge in [0.2, 0.25) is 0 Å². The lowest BCUT2D eigenvalue weighted by molar-refractivity contribution is 0.293. The van der Waals surface area contributed by atoms with E-state index in [-0.39, 0.29) is 5.41 Å². The molecule has 0 saturated carbocycles. The molecular formula is C22H19NO2. The standard InChI is InChI=1S/C22H19NO2/c1-22(2)13-25-21-16-9-5-4-8-15(16)20(24)19(18(21)22)23-12-11-14-7-3-6-10-17(14)23/h3-12,24H,13H2,1-2H3. The highest BCUT2D eigenvalue weighted by molar-refractivity contribution is 6.00. The Morgan fingerprint density at radius 2 is 1.68 bits per heavy atom. The van der Waals surface area contributed by atoms with E-state index in [0.717, 1.165) is 38.7 Å². The average molecular weight is 329 g/mol. The van der Waals surface area contributed by atoms with E-state index in [1.54, 1.807) is 0 Å². The molecule has 4 aromatic rings. The number of hydrogen-bond acceptors (Lipinski definition) is 2. The van der Waals surface area contributed by atoms with Crippen LogP contribution >= 0.6 is 0 Å². The predicted molar refractivity (Wildman–Crippen MR) is 101 cm³/mol. The zero-order valence-electron chi connectivity index (χ0n) is 14.3. The number of aromatic nitrogens is 1. The molecule has 0 bridgehead atoms. The summed E-state index contributed by atoms with van der Waals surface area (Å²) in [5, 5.41) is 14.2. The smallest absolute Gasteiger partial charge is 0.147 e. The molecule has 5 rings (SSSR count). The second-order valence-corrected chi connectivity index (χ2v) is 7.36. The predicted octanol–water partition coefficient (Wildman–Crippen LogP) is 5.16. The van der Waals surface area contributed by atoms with Crippen LogP contribution in [0.2, 0.25) is 0 Å². The molecule has 3 aromatic carbocycles. The number of benzene rings is 3. The third-order valence-corrected chi connectivity index (χ3v) is 5.21. The Balaban J connectivity index is 1.98. The third-order valence-electron chi connectivity index (χ3n) is 5.21. The number of aromatic hydroxyl groups is 1. The largest absolute Gasteiger partial charge is 0.505 e. The zero-order chi connectivity index (χ0) is 17.2. The summed E-state index contributed by atoms with van der Waals surface area (Å²) in [6.07, 6.45) is 2.03. The molecule has 25 heavy (non-hydrogen) atoms. The number of fused-ring (bicyclic) bond motifs is 4. The highest BCUT2D eigenvalue weighted by Gasteiger charge is 2.38. The minimum absolute atomic E-state index is 0.169. The van der Waals surface area contributed by atoms with Crippen molar-refractivity contribution in [1.29, 1.82) is 0 Å². The number of para-hydroxylation sites is 1. The highest BCUT2D eigenvalue weighted by Crippen LogP contribution is 2.51. The van der Waals surface area contributed by atoms with Gasteiger partial charge in [-0.05, 0) is 17.5 Å². The third kappa shape index (κ3) is 1.86. The van der Waals surface area contributed by atoms with Crippen LogP contribution in [-0.4, -0.2) is 16.3 Å². The zero-order valence-corrected chi connectivity index (χ0v) is 14.3. The fourth-order valence-corrected chi connectivity index (χ4v) is 3.99. The second kappa shape index (κ2) is 4.79. The molecule has 3 nitrogen and oxygen atoms in total. The van der Waals surface area contributed by atoms with Crippen molar-refractivity contribution in [2.24, 2.45) is 0 Å². The molecule has 1 aromatic heterocycles. The van der Waals surface area contributed by atoms with Crippen molar-refractivity contribution in [2.45, 2.75) is 19.3 Å². The molecule has 1 N–H and O–H groups in total. The maximum absolute atomic E-state index is 11.2. The highest BCUT2D eigenvalue weighted by atomic mass is 16.5. The van der Waals surface area contributed by atoms with E-state index in [4.69, 9.17) is 4.74 Å². The number of rotatable bonds is 1. The first kappa shape index (κ1) is 14.4. The molecule has 3 heteroatoms. The van der Waals surface area contributed by atoms with Crippen molar-refractivity contribution >= 4 is 21.7 Å². The molecule has 124 valence electrons. The summed E-state index contributed by atoms with van der Waals surface area (Å²) < 4.78 is 8.20. The van der Waals surface area contributed by atoms with Gasteiger partial charge in [0, 0.05) is 27.9 Å². The first-order chi connectivity index (χ1) is 12.1. The van der Waals surface area contributed by atoms with Gasteiger partial charge >= 0.3 is 0 Å². The van der Waals surface area contributed by atoms with Gasteiger partial charge in [-0.15, -0.1) is 0 Å². The minimum Gasteiger partial charge on any atom is -0.505 e. The monoisotopic (exact) mass is 329 g/mol. The summed E-state index contributed by atoms with van der Waals surface area (Å²) in [6, 6.07) is 18.2. The topological polar surface area (TPSA) is 34.4 Å². The Morgan fingerprint density at radius 1 is 0.960 bits per heavy atom. The summed E-state index contributed by atoms with van der Waals surface area (Å²) >= 11 is 0. The normalized spacial score (nSPS) is 15.4. The average Bonchev–Trinajstić information content (AvgIpc) is 3.18. The van der Waals surface area contributed by atoms with Gasteiger partial charge in [0.15, 0.2) is 0 Å². The molecule has 0 aliphatic carbocycles. The number of phenolic OH excluding ortho intramolecular Hbond substituents is 1. The number of hydrogen-bond donors (Lipinski definition) is 1. The summed E-state index contributed by atoms with van der Waals surface area (Å²) in [4.78, 5) is 0. The molecule has 0 fully saturated rings. The molecule has 0 atom stereocenters. The van der Waals surface area contributed by atoms with Crippen LogP contribution in [0, 0.1) is 0 Å². The van der Waals surface area contributed by atoms with Crippen LogP contribution in [0.15, 0.2) is 60.8 Å². The van der Waals surface area contributed by atoms with E-state index in [9.17, 15) is 5.11 Å². The van der Waals surface area contributed by atoms with Crippen LogP contribution in [0.3, 0.4) is 0 Å². The summed E-state index contributed by atoms with van der Waals surface area (Å²) in [7, 11) is 0. The Hall–Kier alpha value is -2.94. The van der Waals surface area contributed by atoms with Crippen molar-refractivity contribution in [3.63, 3.8) is 0 Å². The van der Waals surface area contributed by atoms with Crippen molar-refractivity contribution in [2.75, 3.05) is 6.61 Å². The van der Waals surface area contributed by atoms with Gasteiger partial charge in [0.05, 0.1) is 17.8 Å². The molecule has 0 radical (unpaired) electrons. The SMILES string of the molecule is CC1(C)COc2c1c(-n1ccc3ccccc31)c(O)c1ccccc21. The molecule has 0 amide bonds. The van der Waals surface area contributed by atoms with Crippen LogP contribution < -0.4 is 4.74 Å². The molecular weight excluding hydrogens is 310 g/mol. The van der Waals surface area contributed by atoms with Gasteiger partial charge in [0.1, 0.15) is 11.5 Å². The lowest BCUT2D eigenvalue weighted by Gasteiger charge is -2.22. The van der Waals surface area contributed by atoms with Gasteiger partial charge in [0.25, 0.3) is 0 Å². The fourth-order valence-electron chi connectivity index (χ4n) is 3.99. The molecule has 0 unspecified atom stereocenters. The van der Waals surface area contributed by atoms with Crippen LogP contribution in [0.4, 0.5) is 0 Å². The first-order valence-corrected chi connectivity index (χ1v) is 8.55. The molecule has 1 aliphatic heterocycles. The summed E-state index contributed by atoms with van der Waals surface area (Å²) in [6.45, 7) is 4.95. The molecule has 0 spiro atoms. The Bertz CT molecular complexity index is 1140. The van der Waals surface area contributed by atoms with Crippen molar-refractivity contribution in [3.05, 3.63) is 66.4 Å². The van der Waals surface area contributed by atoms with Gasteiger partial charge < -0.3 is 14.4 Å². The van der Waals surface area contributed by atoms with E-state index >= 15 is 0 Å². The number of nitrogens with zero attached hydrogens (tertiary/aromatic N) is 1. The van der Waals surface area contributed by atoms with Gasteiger partial charge in [-0.1, -0.05) is 56.3 Å². The van der Waals surface area contributed by atoms with E-state index < -0.39 is 0 Å². The van der Waals surface area contributed by atoms with Crippen LogP contribution in [0.1, 0.15) is 19.4 Å². The maximum Gasteiger partial charge on any atom is 0.147 e. The fraction of sp³-hybridized carbons (Fsp3) is 0.182. The van der Waals surface area contributed by atoms with E-state index in [0.29, 0.717) is 12.4 Å². The lowest BCUT2D eigenvalue weighted by Crippen LogP contribution is -2.20. The van der Waals surface area contributed by atoms with E-state index in [1.165, 1.54) is 0 Å². The lowest BCUT2D eigenvalue weighted by atomic mass is 9.84. The van der Waals surface area contributed by atoms with Crippen molar-refractivity contribution in [1.82, 2.24) is 4.57 Å². The van der Waals surface area contributed by atoms with Crippen LogP contribution in [0.5, 0.6) is 11.5 Å². The van der Waals surface area contributed by atoms with Crippen molar-refractivity contribution < 1.29 is 9.84 Å². The van der Waals surface area contributed by atoms with E-state index in [1.807, 2.05) is 42.6 Å². The summed E-state index contributed by atoms with van der Waals surface area (Å²) in [5.74, 6) is 1.21. The molecule has 0 saturated heterocycles. The number of phenols is 1. The summed E-state index contributed by atoms with van der Waals surface area (Å²) in [5.41, 5.74) is 2.82. The molecule has 2 heterocycles. The van der Waals surface area contributed by atoms with Gasteiger partial charge in [-0.3, -0.25) is 0 Å². The van der Waals surface area contributed by atoms with Crippen molar-refractivity contribution in [3.8, 4) is 17.2 Å². The number of ether oxygens (including phenoxy) is 1. The van der Waals surface area contributed by atoms with Gasteiger partial charge in [-0.2, -0.15) is 0 Å².